The summed E-state index contributed by atoms with van der Waals surface area (Å²) >= 11 is 0. The molecular formula is C15H18N2O2. The number of hydrogen-bond acceptors (Lipinski definition) is 3. The molecule has 1 atom stereocenters. The van der Waals surface area contributed by atoms with Crippen molar-refractivity contribution in [2.75, 3.05) is 6.61 Å². The van der Waals surface area contributed by atoms with Crippen LogP contribution in [0.15, 0.2) is 30.5 Å². The Kier molecular flexibility index (Phi) is 3.25. The van der Waals surface area contributed by atoms with Crippen LogP contribution in [0.25, 0.3) is 0 Å². The average molecular weight is 258 g/mol. The Balaban J connectivity index is 1.67. The first kappa shape index (κ1) is 12.2. The minimum absolute atomic E-state index is 0.430. The highest BCUT2D eigenvalue weighted by atomic mass is 16.5. The molecule has 0 spiro atoms. The predicted molar refractivity (Wildman–Crippen MR) is 72.1 cm³/mol. The lowest BCUT2D eigenvalue weighted by molar-refractivity contribution is 0.167. The van der Waals surface area contributed by atoms with Gasteiger partial charge in [-0.3, -0.25) is 4.68 Å². The van der Waals surface area contributed by atoms with E-state index in [-0.39, 0.29) is 0 Å². The molecule has 4 nitrogen and oxygen atoms in total. The molecule has 0 radical (unpaired) electrons. The van der Waals surface area contributed by atoms with Crippen molar-refractivity contribution in [3.63, 3.8) is 0 Å². The molecule has 19 heavy (non-hydrogen) atoms. The fourth-order valence-electron chi connectivity index (χ4n) is 2.51. The molecule has 4 heteroatoms. The lowest BCUT2D eigenvalue weighted by atomic mass is 10.0. The highest BCUT2D eigenvalue weighted by molar-refractivity contribution is 5.40. The second-order valence-electron chi connectivity index (χ2n) is 4.97. The smallest absolute Gasteiger partial charge is 0.122 e. The summed E-state index contributed by atoms with van der Waals surface area (Å²) in [4.78, 5) is 0. The number of aliphatic hydroxyl groups excluding tert-OH is 1. The van der Waals surface area contributed by atoms with Gasteiger partial charge in [0.2, 0.25) is 0 Å². The van der Waals surface area contributed by atoms with Gasteiger partial charge in [0, 0.05) is 25.4 Å². The van der Waals surface area contributed by atoms with Crippen molar-refractivity contribution < 1.29 is 9.84 Å². The van der Waals surface area contributed by atoms with E-state index in [0.29, 0.717) is 6.42 Å². The van der Waals surface area contributed by atoms with Gasteiger partial charge in [-0.2, -0.15) is 5.10 Å². The largest absolute Gasteiger partial charge is 0.493 e. The number of ether oxygens (including phenoxy) is 1. The maximum absolute atomic E-state index is 10.3. The fourth-order valence-corrected chi connectivity index (χ4v) is 2.51. The summed E-state index contributed by atoms with van der Waals surface area (Å²) in [5, 5.41) is 14.4. The van der Waals surface area contributed by atoms with Gasteiger partial charge in [0.05, 0.1) is 12.7 Å². The molecule has 0 aliphatic carbocycles. The van der Waals surface area contributed by atoms with Crippen molar-refractivity contribution >= 4 is 0 Å². The van der Waals surface area contributed by atoms with Gasteiger partial charge in [-0.05, 0) is 42.2 Å². The second-order valence-corrected chi connectivity index (χ2v) is 4.97. The van der Waals surface area contributed by atoms with Crippen LogP contribution in [-0.4, -0.2) is 21.5 Å². The van der Waals surface area contributed by atoms with E-state index in [1.54, 1.807) is 6.20 Å². The molecule has 1 unspecified atom stereocenters. The number of rotatable bonds is 4. The fraction of sp³-hybridized carbons (Fsp3) is 0.400. The standard InChI is InChI=1S/C15H18N2O2/c1-17-13(6-8-16-17)3-4-14(18)11-2-5-15-12(10-11)7-9-19-15/h2,5-6,8,10,14,18H,3-4,7,9H2,1H3. The van der Waals surface area contributed by atoms with Gasteiger partial charge in [-0.1, -0.05) is 6.07 Å². The molecule has 3 rings (SSSR count). The number of benzene rings is 1. The Labute approximate surface area is 112 Å². The van der Waals surface area contributed by atoms with Gasteiger partial charge in [0.25, 0.3) is 0 Å². The first-order chi connectivity index (χ1) is 9.24. The quantitative estimate of drug-likeness (QED) is 0.912. The number of fused-ring (bicyclic) bond motifs is 1. The lowest BCUT2D eigenvalue weighted by Gasteiger charge is -2.12. The zero-order valence-electron chi connectivity index (χ0n) is 11.0. The van der Waals surface area contributed by atoms with Crippen LogP contribution in [-0.2, 0) is 19.9 Å². The van der Waals surface area contributed by atoms with E-state index in [1.807, 2.05) is 29.9 Å². The van der Waals surface area contributed by atoms with Gasteiger partial charge < -0.3 is 9.84 Å². The number of nitrogens with zero attached hydrogens (tertiary/aromatic N) is 2. The van der Waals surface area contributed by atoms with E-state index in [1.165, 1.54) is 5.56 Å². The van der Waals surface area contributed by atoms with Crippen molar-refractivity contribution in [2.45, 2.75) is 25.4 Å². The Morgan fingerprint density at radius 2 is 2.32 bits per heavy atom. The lowest BCUT2D eigenvalue weighted by Crippen LogP contribution is -2.03. The van der Waals surface area contributed by atoms with Crippen molar-refractivity contribution in [3.05, 3.63) is 47.3 Å². The first-order valence-electron chi connectivity index (χ1n) is 6.64. The normalized spacial score (nSPS) is 15.1. The molecule has 0 fully saturated rings. The average Bonchev–Trinajstić information content (AvgIpc) is 3.03. The molecule has 100 valence electrons. The molecule has 1 N–H and O–H groups in total. The number of aliphatic hydroxyl groups is 1. The molecule has 1 aromatic heterocycles. The van der Waals surface area contributed by atoms with Crippen LogP contribution < -0.4 is 4.74 Å². The number of aryl methyl sites for hydroxylation is 2. The summed E-state index contributed by atoms with van der Waals surface area (Å²) in [5.41, 5.74) is 3.33. The van der Waals surface area contributed by atoms with Crippen LogP contribution in [0.3, 0.4) is 0 Å². The van der Waals surface area contributed by atoms with Crippen LogP contribution in [0, 0.1) is 0 Å². The monoisotopic (exact) mass is 258 g/mol. The van der Waals surface area contributed by atoms with E-state index in [4.69, 9.17) is 4.74 Å². The van der Waals surface area contributed by atoms with Crippen molar-refractivity contribution in [1.29, 1.82) is 0 Å². The predicted octanol–water partition coefficient (Wildman–Crippen LogP) is 2.02. The minimum Gasteiger partial charge on any atom is -0.493 e. The molecule has 0 saturated carbocycles. The molecule has 1 aromatic carbocycles. The molecular weight excluding hydrogens is 240 g/mol. The Bertz CT molecular complexity index is 577. The van der Waals surface area contributed by atoms with Crippen LogP contribution in [0.4, 0.5) is 0 Å². The highest BCUT2D eigenvalue weighted by Gasteiger charge is 2.15. The van der Waals surface area contributed by atoms with Gasteiger partial charge in [-0.25, -0.2) is 0 Å². The third kappa shape index (κ3) is 2.49. The Morgan fingerprint density at radius 3 is 3.11 bits per heavy atom. The van der Waals surface area contributed by atoms with Crippen LogP contribution in [0.2, 0.25) is 0 Å². The molecule has 0 saturated heterocycles. The van der Waals surface area contributed by atoms with Gasteiger partial charge in [-0.15, -0.1) is 0 Å². The summed E-state index contributed by atoms with van der Waals surface area (Å²) in [6.07, 6.45) is 3.83. The number of aromatic nitrogens is 2. The van der Waals surface area contributed by atoms with E-state index in [0.717, 1.165) is 36.5 Å². The van der Waals surface area contributed by atoms with E-state index < -0.39 is 6.10 Å². The maximum atomic E-state index is 10.3. The zero-order chi connectivity index (χ0) is 13.2. The van der Waals surface area contributed by atoms with E-state index in [2.05, 4.69) is 11.2 Å². The summed E-state index contributed by atoms with van der Waals surface area (Å²) in [7, 11) is 1.93. The van der Waals surface area contributed by atoms with Gasteiger partial charge >= 0.3 is 0 Å². The van der Waals surface area contributed by atoms with Crippen LogP contribution in [0.5, 0.6) is 5.75 Å². The topological polar surface area (TPSA) is 47.3 Å². The van der Waals surface area contributed by atoms with Crippen molar-refractivity contribution in [3.8, 4) is 5.75 Å². The van der Waals surface area contributed by atoms with Crippen molar-refractivity contribution in [2.24, 2.45) is 7.05 Å². The van der Waals surface area contributed by atoms with Crippen LogP contribution in [0.1, 0.15) is 29.3 Å². The van der Waals surface area contributed by atoms with Crippen LogP contribution >= 0.6 is 0 Å². The maximum Gasteiger partial charge on any atom is 0.122 e. The SMILES string of the molecule is Cn1nccc1CCC(O)c1ccc2c(c1)CCO2. The molecule has 1 aliphatic rings. The first-order valence-corrected chi connectivity index (χ1v) is 6.64. The Hall–Kier alpha value is -1.81. The zero-order valence-corrected chi connectivity index (χ0v) is 11.0. The molecule has 0 amide bonds. The van der Waals surface area contributed by atoms with E-state index in [9.17, 15) is 5.11 Å². The molecule has 1 aliphatic heterocycles. The summed E-state index contributed by atoms with van der Waals surface area (Å²) in [6.45, 7) is 0.754. The number of hydrogen-bond donors (Lipinski definition) is 1. The second kappa shape index (κ2) is 5.05. The summed E-state index contributed by atoms with van der Waals surface area (Å²) in [5.74, 6) is 0.961. The summed E-state index contributed by atoms with van der Waals surface area (Å²) < 4.78 is 7.32. The van der Waals surface area contributed by atoms with E-state index >= 15 is 0 Å². The van der Waals surface area contributed by atoms with Crippen molar-refractivity contribution in [1.82, 2.24) is 9.78 Å². The molecule has 2 aromatic rings. The third-order valence-electron chi connectivity index (χ3n) is 3.69. The summed E-state index contributed by atoms with van der Waals surface area (Å²) in [6, 6.07) is 7.97. The molecule has 2 heterocycles. The van der Waals surface area contributed by atoms with Gasteiger partial charge in [0.15, 0.2) is 0 Å². The highest BCUT2D eigenvalue weighted by Crippen LogP contribution is 2.29. The Morgan fingerprint density at radius 1 is 1.42 bits per heavy atom. The van der Waals surface area contributed by atoms with Gasteiger partial charge in [0.1, 0.15) is 5.75 Å². The minimum atomic E-state index is -0.430. The molecule has 0 bridgehead atoms. The third-order valence-corrected chi connectivity index (χ3v) is 3.69.